The molecule has 2 heterocycles. The second-order valence-electron chi connectivity index (χ2n) is 6.87. The van der Waals surface area contributed by atoms with Gasteiger partial charge in [-0.3, -0.25) is 4.79 Å². The molecule has 1 unspecified atom stereocenters. The van der Waals surface area contributed by atoms with Crippen molar-refractivity contribution in [1.29, 1.82) is 0 Å². The Morgan fingerprint density at radius 2 is 2.12 bits per heavy atom. The lowest BCUT2D eigenvalue weighted by molar-refractivity contribution is -0.122. The van der Waals surface area contributed by atoms with E-state index in [9.17, 15) is 4.79 Å². The summed E-state index contributed by atoms with van der Waals surface area (Å²) in [6, 6.07) is 2.34. The van der Waals surface area contributed by atoms with Crippen LogP contribution in [0.3, 0.4) is 0 Å². The van der Waals surface area contributed by atoms with E-state index < -0.39 is 0 Å². The van der Waals surface area contributed by atoms with Crippen LogP contribution < -0.4 is 15.5 Å². The Balaban J connectivity index is 1.84. The first-order chi connectivity index (χ1) is 12.2. The van der Waals surface area contributed by atoms with E-state index in [2.05, 4.69) is 46.3 Å². The molecule has 1 aliphatic rings. The lowest BCUT2D eigenvalue weighted by atomic mass is 9.93. The highest BCUT2D eigenvalue weighted by Gasteiger charge is 2.22. The number of hydrogen-bond acceptors (Lipinski definition) is 5. The Labute approximate surface area is 151 Å². The van der Waals surface area contributed by atoms with Crippen LogP contribution in [0.5, 0.6) is 0 Å². The quantitative estimate of drug-likeness (QED) is 0.718. The maximum absolute atomic E-state index is 12.1. The fraction of sp³-hybridized carbons (Fsp3) is 0.737. The molecule has 0 aromatic carbocycles. The number of amides is 1. The maximum atomic E-state index is 12.1. The highest BCUT2D eigenvalue weighted by molar-refractivity contribution is 5.76. The largest absolute Gasteiger partial charge is 0.370 e. The second kappa shape index (κ2) is 10.2. The standard InChI is InChI=1S/C19H33N5O/c1-4-16(5-2)23-19(25)10-9-15-8-7-11-24(13-15)18-12-17(20-6-3)21-14-22-18/h12,14-16H,4-11,13H2,1-3H3,(H,23,25)(H,20,21,22). The van der Waals surface area contributed by atoms with E-state index in [1.54, 1.807) is 6.33 Å². The van der Waals surface area contributed by atoms with E-state index in [1.165, 1.54) is 6.42 Å². The topological polar surface area (TPSA) is 70.2 Å². The summed E-state index contributed by atoms with van der Waals surface area (Å²) >= 11 is 0. The first-order valence-corrected chi connectivity index (χ1v) is 9.76. The van der Waals surface area contributed by atoms with Crippen molar-refractivity contribution in [2.24, 2.45) is 5.92 Å². The first kappa shape index (κ1) is 19.5. The van der Waals surface area contributed by atoms with Crippen molar-refractivity contribution in [2.45, 2.75) is 65.3 Å². The molecule has 1 aromatic heterocycles. The third-order valence-corrected chi connectivity index (χ3v) is 4.98. The molecular formula is C19H33N5O. The van der Waals surface area contributed by atoms with Crippen LogP contribution in [0.15, 0.2) is 12.4 Å². The number of carbonyl (C=O) groups is 1. The van der Waals surface area contributed by atoms with Gasteiger partial charge in [0.2, 0.25) is 5.91 Å². The number of nitrogens with one attached hydrogen (secondary N) is 2. The molecule has 1 saturated heterocycles. The Morgan fingerprint density at radius 1 is 1.32 bits per heavy atom. The molecule has 1 aromatic rings. The number of piperidine rings is 1. The minimum absolute atomic E-state index is 0.197. The van der Waals surface area contributed by atoms with Gasteiger partial charge in [0.25, 0.3) is 0 Å². The first-order valence-electron chi connectivity index (χ1n) is 9.76. The van der Waals surface area contributed by atoms with E-state index >= 15 is 0 Å². The van der Waals surface area contributed by atoms with Crippen LogP contribution in [0.1, 0.15) is 59.3 Å². The second-order valence-corrected chi connectivity index (χ2v) is 6.87. The molecular weight excluding hydrogens is 314 g/mol. The van der Waals surface area contributed by atoms with E-state index in [1.807, 2.05) is 6.07 Å². The van der Waals surface area contributed by atoms with Crippen molar-refractivity contribution in [3.05, 3.63) is 12.4 Å². The number of carbonyl (C=O) groups excluding carboxylic acids is 1. The summed E-state index contributed by atoms with van der Waals surface area (Å²) in [7, 11) is 0. The smallest absolute Gasteiger partial charge is 0.220 e. The van der Waals surface area contributed by atoms with Gasteiger partial charge in [0.15, 0.2) is 0 Å². The molecule has 1 aliphatic heterocycles. The molecule has 25 heavy (non-hydrogen) atoms. The Hall–Kier alpha value is -1.85. The molecule has 2 N–H and O–H groups in total. The fourth-order valence-electron chi connectivity index (χ4n) is 3.43. The number of nitrogens with zero attached hydrogens (tertiary/aromatic N) is 3. The van der Waals surface area contributed by atoms with Gasteiger partial charge in [-0.25, -0.2) is 9.97 Å². The summed E-state index contributed by atoms with van der Waals surface area (Å²) in [5.74, 6) is 2.61. The normalized spacial score (nSPS) is 17.6. The average Bonchev–Trinajstić information content (AvgIpc) is 2.65. The average molecular weight is 348 g/mol. The molecule has 140 valence electrons. The number of anilines is 2. The minimum atomic E-state index is 0.197. The fourth-order valence-corrected chi connectivity index (χ4v) is 3.43. The van der Waals surface area contributed by atoms with Crippen LogP contribution in [-0.2, 0) is 4.79 Å². The lowest BCUT2D eigenvalue weighted by Gasteiger charge is -2.33. The summed E-state index contributed by atoms with van der Waals surface area (Å²) in [5.41, 5.74) is 0. The maximum Gasteiger partial charge on any atom is 0.220 e. The van der Waals surface area contributed by atoms with Crippen LogP contribution in [-0.4, -0.2) is 41.6 Å². The van der Waals surface area contributed by atoms with Gasteiger partial charge < -0.3 is 15.5 Å². The summed E-state index contributed by atoms with van der Waals surface area (Å²) in [6.45, 7) is 9.16. The van der Waals surface area contributed by atoms with Gasteiger partial charge in [0, 0.05) is 38.2 Å². The molecule has 0 spiro atoms. The van der Waals surface area contributed by atoms with Crippen LogP contribution in [0.4, 0.5) is 11.6 Å². The minimum Gasteiger partial charge on any atom is -0.370 e. The van der Waals surface area contributed by atoms with E-state index in [-0.39, 0.29) is 5.91 Å². The summed E-state index contributed by atoms with van der Waals surface area (Å²) in [5, 5.41) is 6.38. The molecule has 6 heteroatoms. The lowest BCUT2D eigenvalue weighted by Crippen LogP contribution is -2.37. The van der Waals surface area contributed by atoms with E-state index in [4.69, 9.17) is 0 Å². The molecule has 1 atom stereocenters. The monoisotopic (exact) mass is 347 g/mol. The van der Waals surface area contributed by atoms with Crippen molar-refractivity contribution >= 4 is 17.5 Å². The van der Waals surface area contributed by atoms with Gasteiger partial charge >= 0.3 is 0 Å². The van der Waals surface area contributed by atoms with Crippen molar-refractivity contribution in [3.8, 4) is 0 Å². The number of hydrogen-bond donors (Lipinski definition) is 2. The van der Waals surface area contributed by atoms with Gasteiger partial charge in [0.05, 0.1) is 0 Å². The van der Waals surface area contributed by atoms with Crippen molar-refractivity contribution in [2.75, 3.05) is 29.9 Å². The molecule has 0 bridgehead atoms. The molecule has 2 rings (SSSR count). The predicted molar refractivity (Wildman–Crippen MR) is 103 cm³/mol. The van der Waals surface area contributed by atoms with E-state index in [0.717, 1.165) is 57.0 Å². The van der Waals surface area contributed by atoms with Crippen molar-refractivity contribution in [3.63, 3.8) is 0 Å². The molecule has 6 nitrogen and oxygen atoms in total. The zero-order valence-electron chi connectivity index (χ0n) is 15.9. The van der Waals surface area contributed by atoms with Crippen LogP contribution in [0.2, 0.25) is 0 Å². The third-order valence-electron chi connectivity index (χ3n) is 4.98. The van der Waals surface area contributed by atoms with Gasteiger partial charge in [0.1, 0.15) is 18.0 Å². The number of rotatable bonds is 9. The molecule has 1 amide bonds. The summed E-state index contributed by atoms with van der Waals surface area (Å²) < 4.78 is 0. The zero-order chi connectivity index (χ0) is 18.1. The van der Waals surface area contributed by atoms with Gasteiger partial charge in [-0.05, 0) is 44.9 Å². The number of aromatic nitrogens is 2. The summed E-state index contributed by atoms with van der Waals surface area (Å²) in [6.07, 6.45) is 7.55. The van der Waals surface area contributed by atoms with Gasteiger partial charge in [-0.2, -0.15) is 0 Å². The van der Waals surface area contributed by atoms with Crippen molar-refractivity contribution in [1.82, 2.24) is 15.3 Å². The Morgan fingerprint density at radius 3 is 2.84 bits per heavy atom. The van der Waals surface area contributed by atoms with Crippen molar-refractivity contribution < 1.29 is 4.79 Å². The third kappa shape index (κ3) is 6.18. The zero-order valence-corrected chi connectivity index (χ0v) is 15.9. The molecule has 0 radical (unpaired) electrons. The van der Waals surface area contributed by atoms with Gasteiger partial charge in [-0.15, -0.1) is 0 Å². The highest BCUT2D eigenvalue weighted by Crippen LogP contribution is 2.25. The van der Waals surface area contributed by atoms with Crippen LogP contribution in [0.25, 0.3) is 0 Å². The van der Waals surface area contributed by atoms with Crippen LogP contribution in [0, 0.1) is 5.92 Å². The molecule has 1 fully saturated rings. The molecule has 0 saturated carbocycles. The predicted octanol–water partition coefficient (Wildman–Crippen LogP) is 3.21. The summed E-state index contributed by atoms with van der Waals surface area (Å²) in [4.78, 5) is 23.1. The Kier molecular flexibility index (Phi) is 7.95. The molecule has 0 aliphatic carbocycles. The van der Waals surface area contributed by atoms with Gasteiger partial charge in [-0.1, -0.05) is 13.8 Å². The SMILES string of the molecule is CCNc1cc(N2CCCC(CCC(=O)NC(CC)CC)C2)ncn1. The van der Waals surface area contributed by atoms with E-state index in [0.29, 0.717) is 18.4 Å². The highest BCUT2D eigenvalue weighted by atomic mass is 16.1. The van der Waals surface area contributed by atoms with Crippen LogP contribution >= 0.6 is 0 Å². The Bertz CT molecular complexity index is 532.